The molecule has 0 unspecified atom stereocenters. The molecule has 0 saturated carbocycles. The lowest BCUT2D eigenvalue weighted by atomic mass is 10.3. The summed E-state index contributed by atoms with van der Waals surface area (Å²) in [6.07, 6.45) is 0.945. The van der Waals surface area contributed by atoms with Crippen LogP contribution in [0.15, 0.2) is 36.4 Å². The van der Waals surface area contributed by atoms with Crippen molar-refractivity contribution in [1.82, 2.24) is 24.8 Å². The quantitative estimate of drug-likeness (QED) is 0.459. The molecule has 2 aromatic heterocycles. The van der Waals surface area contributed by atoms with Gasteiger partial charge in [-0.05, 0) is 38.5 Å². The van der Waals surface area contributed by atoms with Crippen LogP contribution in [0.4, 0.5) is 0 Å². The van der Waals surface area contributed by atoms with Crippen LogP contribution in [0.3, 0.4) is 0 Å². The Bertz CT molecular complexity index is 1110. The molecule has 9 nitrogen and oxygen atoms in total. The molecule has 3 heterocycles. The van der Waals surface area contributed by atoms with Gasteiger partial charge in [-0.15, -0.1) is 0 Å². The van der Waals surface area contributed by atoms with Crippen molar-refractivity contribution in [2.45, 2.75) is 32.9 Å². The summed E-state index contributed by atoms with van der Waals surface area (Å²) in [5.74, 6) is 1.78. The van der Waals surface area contributed by atoms with Gasteiger partial charge >= 0.3 is 0 Å². The van der Waals surface area contributed by atoms with Crippen LogP contribution in [0.1, 0.15) is 20.3 Å². The summed E-state index contributed by atoms with van der Waals surface area (Å²) in [4.78, 5) is 24.3. The molecule has 0 atom stereocenters. The molecule has 0 bridgehead atoms. The topological polar surface area (TPSA) is 90.7 Å². The van der Waals surface area contributed by atoms with Crippen molar-refractivity contribution in [3.8, 4) is 23.1 Å². The zero-order valence-corrected chi connectivity index (χ0v) is 20.1. The highest BCUT2D eigenvalue weighted by Crippen LogP contribution is 2.27. The van der Waals surface area contributed by atoms with Crippen molar-refractivity contribution in [2.75, 3.05) is 46.6 Å². The first-order chi connectivity index (χ1) is 16.5. The number of benzene rings is 1. The van der Waals surface area contributed by atoms with Crippen molar-refractivity contribution in [3.63, 3.8) is 0 Å². The molecular weight excluding hydrogens is 434 g/mol. The Kier molecular flexibility index (Phi) is 7.97. The first kappa shape index (κ1) is 24.0. The van der Waals surface area contributed by atoms with E-state index in [0.29, 0.717) is 24.0 Å². The van der Waals surface area contributed by atoms with Crippen LogP contribution in [0, 0.1) is 0 Å². The molecule has 0 spiro atoms. The first-order valence-electron chi connectivity index (χ1n) is 11.8. The number of nitrogens with one attached hydrogen (secondary N) is 1. The highest BCUT2D eigenvalue weighted by atomic mass is 16.5. The fraction of sp³-hybridized carbons (Fsp3) is 0.480. The number of morpholine rings is 1. The number of carbonyl (C=O) groups is 1. The Balaban J connectivity index is 1.54. The Morgan fingerprint density at radius 1 is 1.18 bits per heavy atom. The standard InChI is InChI=1S/C25H33N5O4/c1-18(2)26-23(31)17-30-22-9-8-19(34-13-5-10-29-11-14-33-15-12-29)16-21(22)28-25(30)20-6-4-7-24(27-20)32-3/h4,6-9,16,18H,5,10-15,17H2,1-3H3,(H,26,31). The molecule has 1 saturated heterocycles. The van der Waals surface area contributed by atoms with Crippen molar-refractivity contribution >= 4 is 16.9 Å². The lowest BCUT2D eigenvalue weighted by molar-refractivity contribution is -0.122. The van der Waals surface area contributed by atoms with Gasteiger partial charge in [0.25, 0.3) is 0 Å². The predicted octanol–water partition coefficient (Wildman–Crippen LogP) is 2.73. The van der Waals surface area contributed by atoms with Gasteiger partial charge in [-0.25, -0.2) is 9.97 Å². The van der Waals surface area contributed by atoms with E-state index in [4.69, 9.17) is 19.2 Å². The minimum Gasteiger partial charge on any atom is -0.493 e. The molecule has 182 valence electrons. The van der Waals surface area contributed by atoms with E-state index in [0.717, 1.165) is 56.1 Å². The average Bonchev–Trinajstić information content (AvgIpc) is 3.19. The van der Waals surface area contributed by atoms with Gasteiger partial charge in [0, 0.05) is 37.8 Å². The molecular formula is C25H33N5O4. The number of fused-ring (bicyclic) bond motifs is 1. The fourth-order valence-electron chi connectivity index (χ4n) is 4.02. The average molecular weight is 468 g/mol. The molecule has 1 aromatic carbocycles. The number of imidazole rings is 1. The first-order valence-corrected chi connectivity index (χ1v) is 11.8. The largest absolute Gasteiger partial charge is 0.493 e. The highest BCUT2D eigenvalue weighted by molar-refractivity contribution is 5.85. The van der Waals surface area contributed by atoms with E-state index in [1.807, 2.05) is 48.7 Å². The second kappa shape index (κ2) is 11.3. The molecule has 1 amide bonds. The normalized spacial score (nSPS) is 14.5. The summed E-state index contributed by atoms with van der Waals surface area (Å²) in [5.41, 5.74) is 2.24. The highest BCUT2D eigenvalue weighted by Gasteiger charge is 2.18. The van der Waals surface area contributed by atoms with Gasteiger partial charge in [0.05, 0.1) is 38.0 Å². The summed E-state index contributed by atoms with van der Waals surface area (Å²) in [6, 6.07) is 11.4. The van der Waals surface area contributed by atoms with Crippen LogP contribution in [-0.4, -0.2) is 77.9 Å². The van der Waals surface area contributed by atoms with E-state index in [2.05, 4.69) is 15.2 Å². The summed E-state index contributed by atoms with van der Waals surface area (Å²) >= 11 is 0. The van der Waals surface area contributed by atoms with E-state index in [-0.39, 0.29) is 18.5 Å². The number of hydrogen-bond acceptors (Lipinski definition) is 7. The molecule has 0 radical (unpaired) electrons. The Labute approximate surface area is 200 Å². The third-order valence-corrected chi connectivity index (χ3v) is 5.62. The van der Waals surface area contributed by atoms with Crippen LogP contribution >= 0.6 is 0 Å². The summed E-state index contributed by atoms with van der Waals surface area (Å²) in [7, 11) is 1.58. The van der Waals surface area contributed by atoms with Crippen LogP contribution in [-0.2, 0) is 16.1 Å². The Morgan fingerprint density at radius 2 is 2.00 bits per heavy atom. The number of ether oxygens (including phenoxy) is 3. The van der Waals surface area contributed by atoms with Crippen LogP contribution in [0.2, 0.25) is 0 Å². The second-order valence-corrected chi connectivity index (χ2v) is 8.62. The van der Waals surface area contributed by atoms with E-state index in [9.17, 15) is 4.79 Å². The number of amides is 1. The van der Waals surface area contributed by atoms with E-state index in [1.165, 1.54) is 0 Å². The fourth-order valence-corrected chi connectivity index (χ4v) is 4.02. The second-order valence-electron chi connectivity index (χ2n) is 8.62. The number of carbonyl (C=O) groups excluding carboxylic acids is 1. The van der Waals surface area contributed by atoms with Gasteiger partial charge in [-0.3, -0.25) is 9.69 Å². The monoisotopic (exact) mass is 467 g/mol. The van der Waals surface area contributed by atoms with Gasteiger partial charge in [0.2, 0.25) is 11.8 Å². The van der Waals surface area contributed by atoms with Crippen LogP contribution < -0.4 is 14.8 Å². The lowest BCUT2D eigenvalue weighted by Crippen LogP contribution is -2.37. The summed E-state index contributed by atoms with van der Waals surface area (Å²) < 4.78 is 18.6. The minimum absolute atomic E-state index is 0.0538. The molecule has 4 rings (SSSR count). The zero-order chi connectivity index (χ0) is 23.9. The number of nitrogens with zero attached hydrogens (tertiary/aromatic N) is 4. The molecule has 1 aliphatic heterocycles. The van der Waals surface area contributed by atoms with Crippen molar-refractivity contribution in [1.29, 1.82) is 0 Å². The van der Waals surface area contributed by atoms with Gasteiger partial charge in [-0.2, -0.15) is 0 Å². The van der Waals surface area contributed by atoms with Gasteiger partial charge in [0.15, 0.2) is 5.82 Å². The maximum Gasteiger partial charge on any atom is 0.240 e. The number of pyridine rings is 1. The third kappa shape index (κ3) is 6.03. The van der Waals surface area contributed by atoms with Crippen molar-refractivity contribution < 1.29 is 19.0 Å². The molecule has 1 aliphatic rings. The maximum atomic E-state index is 12.6. The van der Waals surface area contributed by atoms with Crippen LogP contribution in [0.5, 0.6) is 11.6 Å². The Morgan fingerprint density at radius 3 is 2.76 bits per heavy atom. The minimum atomic E-state index is -0.0816. The molecule has 3 aromatic rings. The van der Waals surface area contributed by atoms with Gasteiger partial charge in [-0.1, -0.05) is 6.07 Å². The Hall–Kier alpha value is -3.17. The van der Waals surface area contributed by atoms with E-state index in [1.54, 1.807) is 13.2 Å². The third-order valence-electron chi connectivity index (χ3n) is 5.62. The molecule has 1 N–H and O–H groups in total. The molecule has 0 aliphatic carbocycles. The molecule has 1 fully saturated rings. The van der Waals surface area contributed by atoms with E-state index < -0.39 is 0 Å². The van der Waals surface area contributed by atoms with Crippen LogP contribution in [0.25, 0.3) is 22.6 Å². The number of hydrogen-bond donors (Lipinski definition) is 1. The summed E-state index contributed by atoms with van der Waals surface area (Å²) in [5, 5.41) is 2.95. The zero-order valence-electron chi connectivity index (χ0n) is 20.1. The number of methoxy groups -OCH3 is 1. The summed E-state index contributed by atoms with van der Waals surface area (Å²) in [6.45, 7) is 9.22. The maximum absolute atomic E-state index is 12.6. The van der Waals surface area contributed by atoms with Gasteiger partial charge < -0.3 is 24.1 Å². The van der Waals surface area contributed by atoms with E-state index >= 15 is 0 Å². The lowest BCUT2D eigenvalue weighted by Gasteiger charge is -2.26. The SMILES string of the molecule is COc1cccc(-c2nc3cc(OCCCN4CCOCC4)ccc3n2CC(=O)NC(C)C)n1. The predicted molar refractivity (Wildman–Crippen MR) is 130 cm³/mol. The molecule has 9 heteroatoms. The van der Waals surface area contributed by atoms with Crippen molar-refractivity contribution in [3.05, 3.63) is 36.4 Å². The van der Waals surface area contributed by atoms with Crippen molar-refractivity contribution in [2.24, 2.45) is 0 Å². The number of rotatable bonds is 10. The number of aromatic nitrogens is 3. The smallest absolute Gasteiger partial charge is 0.240 e. The van der Waals surface area contributed by atoms with Gasteiger partial charge in [0.1, 0.15) is 18.0 Å². The molecule has 34 heavy (non-hydrogen) atoms.